The van der Waals surface area contributed by atoms with Gasteiger partial charge in [0.05, 0.1) is 11.3 Å². The molecule has 0 atom stereocenters. The maximum absolute atomic E-state index is 12.2. The number of aromatic amines is 1. The number of imidazole rings is 1. The minimum absolute atomic E-state index is 0.118. The molecular weight excluding hydrogens is 250 g/mol. The quantitative estimate of drug-likeness (QED) is 0.573. The Morgan fingerprint density at radius 3 is 2.80 bits per heavy atom. The van der Waals surface area contributed by atoms with Crippen molar-refractivity contribution >= 4 is 16.6 Å². The largest absolute Gasteiger partial charge is 0.321 e. The first-order valence-electron chi connectivity index (χ1n) is 6.37. The fourth-order valence-electron chi connectivity index (χ4n) is 2.40. The molecule has 1 N–H and O–H groups in total. The third kappa shape index (κ3) is 1.62. The molecule has 4 aromatic rings. The van der Waals surface area contributed by atoms with Crippen LogP contribution in [0.2, 0.25) is 0 Å². The lowest BCUT2D eigenvalue weighted by Gasteiger charge is -2.00. The molecule has 0 saturated heterocycles. The van der Waals surface area contributed by atoms with Gasteiger partial charge in [0.25, 0.3) is 5.56 Å². The first kappa shape index (κ1) is 11.0. The van der Waals surface area contributed by atoms with Gasteiger partial charge in [-0.25, -0.2) is 4.98 Å². The number of benzene rings is 1. The number of nitrogens with one attached hydrogen (secondary N) is 1. The van der Waals surface area contributed by atoms with Crippen LogP contribution < -0.4 is 5.56 Å². The number of nitrogens with zero attached hydrogens (tertiary/aromatic N) is 2. The van der Waals surface area contributed by atoms with Gasteiger partial charge >= 0.3 is 0 Å². The van der Waals surface area contributed by atoms with E-state index in [1.807, 2.05) is 65.3 Å². The fraction of sp³-hybridized carbons (Fsp3) is 0. The molecule has 0 fully saturated rings. The summed E-state index contributed by atoms with van der Waals surface area (Å²) in [6.07, 6.45) is 3.79. The molecule has 4 heteroatoms. The van der Waals surface area contributed by atoms with E-state index < -0.39 is 0 Å². The Kier molecular flexibility index (Phi) is 2.23. The van der Waals surface area contributed by atoms with E-state index in [4.69, 9.17) is 0 Å². The van der Waals surface area contributed by atoms with Crippen LogP contribution in [0.4, 0.5) is 0 Å². The molecule has 3 aromatic heterocycles. The zero-order chi connectivity index (χ0) is 13.5. The van der Waals surface area contributed by atoms with Crippen LogP contribution in [0, 0.1) is 0 Å². The zero-order valence-corrected chi connectivity index (χ0v) is 10.6. The van der Waals surface area contributed by atoms with Crippen LogP contribution in [0.1, 0.15) is 0 Å². The number of hydrogen-bond acceptors (Lipinski definition) is 2. The minimum atomic E-state index is -0.118. The number of aromatic nitrogens is 3. The van der Waals surface area contributed by atoms with E-state index in [1.165, 1.54) is 0 Å². The van der Waals surface area contributed by atoms with Gasteiger partial charge in [0, 0.05) is 17.9 Å². The van der Waals surface area contributed by atoms with Crippen LogP contribution in [0.15, 0.2) is 65.7 Å². The molecular formula is C16H11N3O. The van der Waals surface area contributed by atoms with Gasteiger partial charge in [0.1, 0.15) is 5.65 Å². The Bertz CT molecular complexity index is 949. The highest BCUT2D eigenvalue weighted by molar-refractivity contribution is 5.82. The zero-order valence-electron chi connectivity index (χ0n) is 10.6. The smallest absolute Gasteiger partial charge is 0.257 e. The molecule has 0 spiro atoms. The molecule has 0 unspecified atom stereocenters. The Balaban J connectivity index is 2.01. The van der Waals surface area contributed by atoms with Gasteiger partial charge < -0.3 is 9.38 Å². The second-order valence-electron chi connectivity index (χ2n) is 4.69. The summed E-state index contributed by atoms with van der Waals surface area (Å²) in [7, 11) is 0. The standard InChI is InChI=1S/C16H11N3O/c20-16-12(9-11-5-1-2-6-13(11)18-16)14-10-19-8-4-3-7-15(19)17-14/h1-10H,(H,18,20). The van der Waals surface area contributed by atoms with Gasteiger partial charge in [-0.15, -0.1) is 0 Å². The van der Waals surface area contributed by atoms with E-state index in [9.17, 15) is 4.79 Å². The van der Waals surface area contributed by atoms with Crippen LogP contribution in [0.5, 0.6) is 0 Å². The number of para-hydroxylation sites is 1. The summed E-state index contributed by atoms with van der Waals surface area (Å²) in [6, 6.07) is 15.4. The van der Waals surface area contributed by atoms with Crippen molar-refractivity contribution in [3.63, 3.8) is 0 Å². The summed E-state index contributed by atoms with van der Waals surface area (Å²) < 4.78 is 1.91. The first-order chi connectivity index (χ1) is 9.81. The summed E-state index contributed by atoms with van der Waals surface area (Å²) in [5.74, 6) is 0. The minimum Gasteiger partial charge on any atom is -0.321 e. The van der Waals surface area contributed by atoms with Gasteiger partial charge in [0.2, 0.25) is 0 Å². The summed E-state index contributed by atoms with van der Waals surface area (Å²) in [6.45, 7) is 0. The van der Waals surface area contributed by atoms with Gasteiger partial charge in [0.15, 0.2) is 0 Å². The predicted molar refractivity (Wildman–Crippen MR) is 78.8 cm³/mol. The average molecular weight is 261 g/mol. The van der Waals surface area contributed by atoms with Gasteiger partial charge in [-0.05, 0) is 29.7 Å². The van der Waals surface area contributed by atoms with Crippen molar-refractivity contribution in [1.29, 1.82) is 0 Å². The Hall–Kier alpha value is -2.88. The van der Waals surface area contributed by atoms with Crippen molar-refractivity contribution in [2.75, 3.05) is 0 Å². The molecule has 0 amide bonds. The molecule has 96 valence electrons. The lowest BCUT2D eigenvalue weighted by molar-refractivity contribution is 1.19. The topological polar surface area (TPSA) is 50.2 Å². The summed E-state index contributed by atoms with van der Waals surface area (Å²) in [4.78, 5) is 19.6. The summed E-state index contributed by atoms with van der Waals surface area (Å²) in [5, 5.41) is 0.999. The van der Waals surface area contributed by atoms with Crippen LogP contribution in [-0.2, 0) is 0 Å². The molecule has 0 aliphatic rings. The van der Waals surface area contributed by atoms with Crippen molar-refractivity contribution in [3.8, 4) is 11.3 Å². The lowest BCUT2D eigenvalue weighted by Crippen LogP contribution is -2.08. The van der Waals surface area contributed by atoms with E-state index in [2.05, 4.69) is 9.97 Å². The molecule has 0 radical (unpaired) electrons. The second kappa shape index (κ2) is 4.06. The fourth-order valence-corrected chi connectivity index (χ4v) is 2.40. The molecule has 0 bridgehead atoms. The molecule has 1 aromatic carbocycles. The van der Waals surface area contributed by atoms with Crippen LogP contribution in [0.3, 0.4) is 0 Å². The molecule has 20 heavy (non-hydrogen) atoms. The highest BCUT2D eigenvalue weighted by Gasteiger charge is 2.09. The number of pyridine rings is 2. The SMILES string of the molecule is O=c1[nH]c2ccccc2cc1-c1cn2ccccc2n1. The first-order valence-corrected chi connectivity index (χ1v) is 6.37. The van der Waals surface area contributed by atoms with Crippen LogP contribution in [0.25, 0.3) is 27.8 Å². The van der Waals surface area contributed by atoms with Crippen molar-refractivity contribution < 1.29 is 0 Å². The third-order valence-corrected chi connectivity index (χ3v) is 3.39. The Morgan fingerprint density at radius 2 is 1.90 bits per heavy atom. The molecule has 0 saturated carbocycles. The summed E-state index contributed by atoms with van der Waals surface area (Å²) >= 11 is 0. The van der Waals surface area contributed by atoms with E-state index in [0.717, 1.165) is 16.6 Å². The monoisotopic (exact) mass is 261 g/mol. The maximum Gasteiger partial charge on any atom is 0.257 e. The van der Waals surface area contributed by atoms with Gasteiger partial charge in [-0.1, -0.05) is 24.3 Å². The van der Waals surface area contributed by atoms with Crippen LogP contribution in [-0.4, -0.2) is 14.4 Å². The van der Waals surface area contributed by atoms with Crippen LogP contribution >= 0.6 is 0 Å². The molecule has 3 heterocycles. The summed E-state index contributed by atoms with van der Waals surface area (Å²) in [5.41, 5.74) is 2.82. The Morgan fingerprint density at radius 1 is 1.05 bits per heavy atom. The normalized spacial score (nSPS) is 11.2. The maximum atomic E-state index is 12.2. The molecule has 4 nitrogen and oxygen atoms in total. The number of H-pyrrole nitrogens is 1. The lowest BCUT2D eigenvalue weighted by atomic mass is 10.1. The highest BCUT2D eigenvalue weighted by Crippen LogP contribution is 2.19. The molecule has 0 aliphatic carbocycles. The van der Waals surface area contributed by atoms with E-state index >= 15 is 0 Å². The average Bonchev–Trinajstić information content (AvgIpc) is 2.90. The number of hydrogen-bond donors (Lipinski definition) is 1. The highest BCUT2D eigenvalue weighted by atomic mass is 16.1. The second-order valence-corrected chi connectivity index (χ2v) is 4.69. The molecule has 4 rings (SSSR count). The van der Waals surface area contributed by atoms with Gasteiger partial charge in [-0.3, -0.25) is 4.79 Å². The molecule has 0 aliphatic heterocycles. The van der Waals surface area contributed by atoms with E-state index in [0.29, 0.717) is 11.3 Å². The number of fused-ring (bicyclic) bond motifs is 2. The van der Waals surface area contributed by atoms with Crippen molar-refractivity contribution in [2.45, 2.75) is 0 Å². The van der Waals surface area contributed by atoms with Crippen molar-refractivity contribution in [1.82, 2.24) is 14.4 Å². The van der Waals surface area contributed by atoms with Gasteiger partial charge in [-0.2, -0.15) is 0 Å². The predicted octanol–water partition coefficient (Wildman–Crippen LogP) is 2.84. The third-order valence-electron chi connectivity index (χ3n) is 3.39. The Labute approximate surface area is 114 Å². The van der Waals surface area contributed by atoms with E-state index in [-0.39, 0.29) is 5.56 Å². The van der Waals surface area contributed by atoms with Crippen molar-refractivity contribution in [3.05, 3.63) is 71.3 Å². The van der Waals surface area contributed by atoms with E-state index in [1.54, 1.807) is 0 Å². The number of rotatable bonds is 1. The van der Waals surface area contributed by atoms with Crippen molar-refractivity contribution in [2.24, 2.45) is 0 Å².